The Morgan fingerprint density at radius 2 is 2.04 bits per heavy atom. The summed E-state index contributed by atoms with van der Waals surface area (Å²) in [5.41, 5.74) is 1.99. The summed E-state index contributed by atoms with van der Waals surface area (Å²) in [6.45, 7) is 7.90. The van der Waals surface area contributed by atoms with Crippen molar-refractivity contribution in [2.45, 2.75) is 13.5 Å². The Morgan fingerprint density at radius 1 is 1.26 bits per heavy atom. The lowest BCUT2D eigenvalue weighted by molar-refractivity contribution is 0.0388. The number of anilines is 1. The molecule has 2 N–H and O–H groups in total. The smallest absolute Gasteiger partial charge is 0.319 e. The van der Waals surface area contributed by atoms with E-state index < -0.39 is 0 Å². The number of hydrogen-bond acceptors (Lipinski definition) is 3. The van der Waals surface area contributed by atoms with E-state index in [0.717, 1.165) is 56.0 Å². The summed E-state index contributed by atoms with van der Waals surface area (Å²) in [6.07, 6.45) is 1.99. The summed E-state index contributed by atoms with van der Waals surface area (Å²) in [7, 11) is 0. The number of aryl methyl sites for hydroxylation is 1. The highest BCUT2D eigenvalue weighted by Gasteiger charge is 2.12. The van der Waals surface area contributed by atoms with E-state index in [9.17, 15) is 4.79 Å². The molecule has 0 bridgehead atoms. The largest absolute Gasteiger partial charge is 0.379 e. The summed E-state index contributed by atoms with van der Waals surface area (Å²) in [4.78, 5) is 14.4. The number of nitrogens with one attached hydrogen (secondary N) is 2. The first kappa shape index (κ1) is 15.8. The third-order valence-corrected chi connectivity index (χ3v) is 4.19. The van der Waals surface area contributed by atoms with Gasteiger partial charge in [0.05, 0.1) is 24.4 Å². The number of rotatable bonds is 5. The number of benzene rings is 1. The van der Waals surface area contributed by atoms with Gasteiger partial charge in [-0.05, 0) is 13.0 Å². The van der Waals surface area contributed by atoms with E-state index in [2.05, 4.69) is 33.1 Å². The molecular formula is C17H24N4O2. The molecule has 23 heavy (non-hydrogen) atoms. The zero-order valence-corrected chi connectivity index (χ0v) is 13.5. The van der Waals surface area contributed by atoms with Crippen LogP contribution in [0.15, 0.2) is 30.5 Å². The SMILES string of the molecule is CCn1cc(NC(=O)NCCN2CCOCC2)c2ccccc21. The van der Waals surface area contributed by atoms with E-state index in [-0.39, 0.29) is 6.03 Å². The first-order valence-corrected chi connectivity index (χ1v) is 8.20. The molecule has 0 aliphatic carbocycles. The molecule has 6 nitrogen and oxygen atoms in total. The first-order chi connectivity index (χ1) is 11.3. The Balaban J connectivity index is 1.55. The van der Waals surface area contributed by atoms with Crippen molar-refractivity contribution in [3.63, 3.8) is 0 Å². The van der Waals surface area contributed by atoms with Crippen LogP contribution in [0, 0.1) is 0 Å². The Labute approximate surface area is 136 Å². The molecule has 2 amide bonds. The first-order valence-electron chi connectivity index (χ1n) is 8.20. The maximum Gasteiger partial charge on any atom is 0.319 e. The van der Waals surface area contributed by atoms with E-state index in [1.807, 2.05) is 24.4 Å². The topological polar surface area (TPSA) is 58.5 Å². The molecule has 1 aromatic heterocycles. The van der Waals surface area contributed by atoms with Crippen molar-refractivity contribution in [3.8, 4) is 0 Å². The van der Waals surface area contributed by atoms with E-state index in [0.29, 0.717) is 6.54 Å². The molecule has 0 saturated carbocycles. The molecule has 0 spiro atoms. The van der Waals surface area contributed by atoms with Crippen LogP contribution in [0.25, 0.3) is 10.9 Å². The van der Waals surface area contributed by atoms with Crippen molar-refractivity contribution < 1.29 is 9.53 Å². The molecule has 1 aromatic carbocycles. The van der Waals surface area contributed by atoms with Crippen molar-refractivity contribution in [1.29, 1.82) is 0 Å². The second-order valence-corrected chi connectivity index (χ2v) is 5.68. The van der Waals surface area contributed by atoms with Crippen molar-refractivity contribution in [2.24, 2.45) is 0 Å². The van der Waals surface area contributed by atoms with Gasteiger partial charge in [0.1, 0.15) is 0 Å². The number of ether oxygens (including phenoxy) is 1. The maximum atomic E-state index is 12.1. The van der Waals surface area contributed by atoms with Gasteiger partial charge in [-0.2, -0.15) is 0 Å². The lowest BCUT2D eigenvalue weighted by atomic mass is 10.2. The van der Waals surface area contributed by atoms with Gasteiger partial charge in [-0.1, -0.05) is 18.2 Å². The van der Waals surface area contributed by atoms with Crippen molar-refractivity contribution >= 4 is 22.6 Å². The number of amides is 2. The van der Waals surface area contributed by atoms with E-state index in [4.69, 9.17) is 4.74 Å². The number of fused-ring (bicyclic) bond motifs is 1. The highest BCUT2D eigenvalue weighted by atomic mass is 16.5. The normalized spacial score (nSPS) is 15.7. The minimum absolute atomic E-state index is 0.155. The van der Waals surface area contributed by atoms with Gasteiger partial charge in [-0.25, -0.2) is 4.79 Å². The van der Waals surface area contributed by atoms with Crippen LogP contribution < -0.4 is 10.6 Å². The van der Waals surface area contributed by atoms with Crippen LogP contribution in [0.4, 0.5) is 10.5 Å². The number of aromatic nitrogens is 1. The quantitative estimate of drug-likeness (QED) is 0.888. The molecule has 6 heteroatoms. The Kier molecular flexibility index (Phi) is 5.15. The van der Waals surface area contributed by atoms with Crippen LogP contribution in [0.5, 0.6) is 0 Å². The fourth-order valence-corrected chi connectivity index (χ4v) is 2.93. The molecule has 124 valence electrons. The molecule has 2 aromatic rings. The zero-order valence-electron chi connectivity index (χ0n) is 13.5. The van der Waals surface area contributed by atoms with E-state index in [1.165, 1.54) is 0 Å². The maximum absolute atomic E-state index is 12.1. The molecule has 0 atom stereocenters. The Bertz CT molecular complexity index is 662. The average molecular weight is 316 g/mol. The highest BCUT2D eigenvalue weighted by molar-refractivity contribution is 6.01. The van der Waals surface area contributed by atoms with Gasteiger partial charge in [0.2, 0.25) is 0 Å². The summed E-state index contributed by atoms with van der Waals surface area (Å²) in [5, 5.41) is 6.96. The van der Waals surface area contributed by atoms with Gasteiger partial charge in [-0.15, -0.1) is 0 Å². The third-order valence-electron chi connectivity index (χ3n) is 4.19. The molecule has 0 unspecified atom stereocenters. The summed E-state index contributed by atoms with van der Waals surface area (Å²) in [5.74, 6) is 0. The van der Waals surface area contributed by atoms with Crippen LogP contribution in [-0.4, -0.2) is 54.9 Å². The summed E-state index contributed by atoms with van der Waals surface area (Å²) >= 11 is 0. The predicted octanol–water partition coefficient (Wildman–Crippen LogP) is 2.11. The Morgan fingerprint density at radius 3 is 2.83 bits per heavy atom. The van der Waals surface area contributed by atoms with Gasteiger partial charge >= 0.3 is 6.03 Å². The van der Waals surface area contributed by atoms with Crippen LogP contribution in [0.1, 0.15) is 6.92 Å². The lowest BCUT2D eigenvalue weighted by Crippen LogP contribution is -2.42. The van der Waals surface area contributed by atoms with Crippen LogP contribution in [0.3, 0.4) is 0 Å². The van der Waals surface area contributed by atoms with Crippen LogP contribution >= 0.6 is 0 Å². The number of para-hydroxylation sites is 1. The number of nitrogens with zero attached hydrogens (tertiary/aromatic N) is 2. The lowest BCUT2D eigenvalue weighted by Gasteiger charge is -2.26. The predicted molar refractivity (Wildman–Crippen MR) is 91.9 cm³/mol. The molecule has 1 aliphatic rings. The van der Waals surface area contributed by atoms with E-state index in [1.54, 1.807) is 0 Å². The van der Waals surface area contributed by atoms with Crippen LogP contribution in [-0.2, 0) is 11.3 Å². The number of hydrogen-bond donors (Lipinski definition) is 2. The second-order valence-electron chi connectivity index (χ2n) is 5.68. The molecule has 1 aliphatic heterocycles. The third kappa shape index (κ3) is 3.83. The molecule has 1 fully saturated rings. The van der Waals surface area contributed by atoms with Crippen molar-refractivity contribution in [2.75, 3.05) is 44.7 Å². The minimum Gasteiger partial charge on any atom is -0.379 e. The summed E-state index contributed by atoms with van der Waals surface area (Å²) in [6, 6.07) is 7.95. The monoisotopic (exact) mass is 316 g/mol. The molecular weight excluding hydrogens is 292 g/mol. The van der Waals surface area contributed by atoms with E-state index >= 15 is 0 Å². The Hall–Kier alpha value is -2.05. The van der Waals surface area contributed by atoms with Gasteiger partial charge in [0, 0.05) is 44.3 Å². The number of morpholine rings is 1. The zero-order chi connectivity index (χ0) is 16.1. The summed E-state index contributed by atoms with van der Waals surface area (Å²) < 4.78 is 7.45. The molecule has 1 saturated heterocycles. The molecule has 3 rings (SSSR count). The molecule has 2 heterocycles. The van der Waals surface area contributed by atoms with Crippen LogP contribution in [0.2, 0.25) is 0 Å². The number of carbonyl (C=O) groups excluding carboxylic acids is 1. The highest BCUT2D eigenvalue weighted by Crippen LogP contribution is 2.25. The van der Waals surface area contributed by atoms with Crippen molar-refractivity contribution in [1.82, 2.24) is 14.8 Å². The number of urea groups is 1. The standard InChI is InChI=1S/C17H24N4O2/c1-2-21-13-15(14-5-3-4-6-16(14)21)19-17(22)18-7-8-20-9-11-23-12-10-20/h3-6,13H,2,7-12H2,1H3,(H2,18,19,22). The van der Waals surface area contributed by atoms with Gasteiger partial charge in [0.15, 0.2) is 0 Å². The van der Waals surface area contributed by atoms with Gasteiger partial charge in [-0.3, -0.25) is 4.90 Å². The minimum atomic E-state index is -0.155. The van der Waals surface area contributed by atoms with Gasteiger partial charge in [0.25, 0.3) is 0 Å². The molecule has 0 radical (unpaired) electrons. The average Bonchev–Trinajstić information content (AvgIpc) is 2.94. The fourth-order valence-electron chi connectivity index (χ4n) is 2.93. The number of carbonyl (C=O) groups is 1. The van der Waals surface area contributed by atoms with Gasteiger partial charge < -0.3 is 19.9 Å². The fraction of sp³-hybridized carbons (Fsp3) is 0.471. The second kappa shape index (κ2) is 7.48. The van der Waals surface area contributed by atoms with Crippen molar-refractivity contribution in [3.05, 3.63) is 30.5 Å².